The summed E-state index contributed by atoms with van der Waals surface area (Å²) in [5.74, 6) is 0.274. The van der Waals surface area contributed by atoms with E-state index in [1.165, 1.54) is 6.33 Å². The first-order valence-electron chi connectivity index (χ1n) is 4.45. The predicted molar refractivity (Wildman–Crippen MR) is 57.0 cm³/mol. The molecule has 0 fully saturated rings. The second-order valence-electron chi connectivity index (χ2n) is 3.19. The second-order valence-corrected chi connectivity index (χ2v) is 3.19. The molecule has 0 atom stereocenters. The van der Waals surface area contributed by atoms with Crippen molar-refractivity contribution < 1.29 is 0 Å². The lowest BCUT2D eigenvalue weighted by Crippen LogP contribution is -1.94. The third-order valence-electron chi connectivity index (χ3n) is 2.25. The minimum absolute atomic E-state index is 0.274. The van der Waals surface area contributed by atoms with Gasteiger partial charge >= 0.3 is 0 Å². The number of anilines is 1. The highest BCUT2D eigenvalue weighted by Crippen LogP contribution is 2.20. The zero-order valence-corrected chi connectivity index (χ0v) is 7.75. The normalized spacial score (nSPS) is 10.9. The zero-order valence-electron chi connectivity index (χ0n) is 7.75. The molecule has 0 bridgehead atoms. The van der Waals surface area contributed by atoms with E-state index in [0.29, 0.717) is 0 Å². The highest BCUT2D eigenvalue weighted by atomic mass is 15.0. The van der Waals surface area contributed by atoms with E-state index in [1.54, 1.807) is 12.4 Å². The molecule has 0 saturated heterocycles. The fraction of sp³-hybridized carbons (Fsp3) is 0. The predicted octanol–water partition coefficient (Wildman–Crippen LogP) is 1.16. The number of rotatable bonds is 0. The van der Waals surface area contributed by atoms with Crippen LogP contribution in [0.5, 0.6) is 0 Å². The molecule has 5 nitrogen and oxygen atoms in total. The molecule has 0 aliphatic heterocycles. The minimum atomic E-state index is 0.274. The van der Waals surface area contributed by atoms with Gasteiger partial charge < -0.3 is 5.73 Å². The van der Waals surface area contributed by atoms with Gasteiger partial charge in [0.15, 0.2) is 0 Å². The Hall–Kier alpha value is -2.30. The van der Waals surface area contributed by atoms with Crippen LogP contribution in [0.1, 0.15) is 0 Å². The molecule has 0 aliphatic rings. The van der Waals surface area contributed by atoms with Gasteiger partial charge in [-0.05, 0) is 12.1 Å². The Bertz CT molecular complexity index is 649. The average Bonchev–Trinajstić information content (AvgIpc) is 2.28. The van der Waals surface area contributed by atoms with Crippen LogP contribution in [0.3, 0.4) is 0 Å². The van der Waals surface area contributed by atoms with Crippen LogP contribution >= 0.6 is 0 Å². The summed E-state index contributed by atoms with van der Waals surface area (Å²) in [6.07, 6.45) is 4.96. The molecule has 3 aromatic rings. The number of nitrogens with zero attached hydrogens (tertiary/aromatic N) is 4. The molecule has 3 rings (SSSR count). The number of nitrogen functional groups attached to an aromatic ring is 1. The molecule has 2 heterocycles. The maximum absolute atomic E-state index is 5.51. The van der Waals surface area contributed by atoms with Crippen LogP contribution in [0.4, 0.5) is 5.95 Å². The van der Waals surface area contributed by atoms with E-state index in [2.05, 4.69) is 19.9 Å². The topological polar surface area (TPSA) is 77.6 Å². The van der Waals surface area contributed by atoms with Gasteiger partial charge in [0.05, 0.1) is 11.0 Å². The van der Waals surface area contributed by atoms with Crippen molar-refractivity contribution >= 4 is 27.8 Å². The summed E-state index contributed by atoms with van der Waals surface area (Å²) in [4.78, 5) is 16.3. The van der Waals surface area contributed by atoms with E-state index in [4.69, 9.17) is 5.73 Å². The van der Waals surface area contributed by atoms with Crippen LogP contribution in [0, 0.1) is 0 Å². The number of fused-ring (bicyclic) bond motifs is 3. The Labute approximate surface area is 85.0 Å². The third-order valence-corrected chi connectivity index (χ3v) is 2.25. The van der Waals surface area contributed by atoms with Gasteiger partial charge in [0.25, 0.3) is 0 Å². The average molecular weight is 197 g/mol. The largest absolute Gasteiger partial charge is 0.368 e. The Morgan fingerprint density at radius 1 is 1.07 bits per heavy atom. The van der Waals surface area contributed by atoms with Crippen molar-refractivity contribution in [2.24, 2.45) is 0 Å². The number of hydrogen-bond acceptors (Lipinski definition) is 5. The van der Waals surface area contributed by atoms with E-state index in [0.717, 1.165) is 21.8 Å². The summed E-state index contributed by atoms with van der Waals surface area (Å²) < 4.78 is 0. The van der Waals surface area contributed by atoms with Gasteiger partial charge in [-0.15, -0.1) is 0 Å². The van der Waals surface area contributed by atoms with Crippen molar-refractivity contribution in [1.29, 1.82) is 0 Å². The van der Waals surface area contributed by atoms with E-state index in [9.17, 15) is 0 Å². The Morgan fingerprint density at radius 2 is 2.00 bits per heavy atom. The molecule has 0 saturated carbocycles. The lowest BCUT2D eigenvalue weighted by Gasteiger charge is -2.01. The Morgan fingerprint density at radius 3 is 2.93 bits per heavy atom. The molecule has 0 amide bonds. The number of nitrogens with two attached hydrogens (primary N) is 1. The van der Waals surface area contributed by atoms with Crippen molar-refractivity contribution in [3.63, 3.8) is 0 Å². The highest BCUT2D eigenvalue weighted by molar-refractivity contribution is 6.02. The van der Waals surface area contributed by atoms with Crippen molar-refractivity contribution in [1.82, 2.24) is 19.9 Å². The van der Waals surface area contributed by atoms with Crippen molar-refractivity contribution in [2.75, 3.05) is 5.73 Å². The lowest BCUT2D eigenvalue weighted by molar-refractivity contribution is 1.21. The van der Waals surface area contributed by atoms with Crippen LogP contribution in [-0.2, 0) is 0 Å². The fourth-order valence-corrected chi connectivity index (χ4v) is 1.57. The monoisotopic (exact) mass is 197 g/mol. The summed E-state index contributed by atoms with van der Waals surface area (Å²) in [5, 5.41) is 1.86. The van der Waals surface area contributed by atoms with Crippen LogP contribution < -0.4 is 5.73 Å². The highest BCUT2D eigenvalue weighted by Gasteiger charge is 2.03. The van der Waals surface area contributed by atoms with Crippen LogP contribution in [0.2, 0.25) is 0 Å². The SMILES string of the molecule is Nc1ncc2c(ccc3cncnc32)n1. The number of benzene rings is 1. The van der Waals surface area contributed by atoms with Crippen molar-refractivity contribution in [3.05, 3.63) is 30.9 Å². The molecular formula is C10H7N5. The van der Waals surface area contributed by atoms with Gasteiger partial charge in [-0.2, -0.15) is 0 Å². The number of hydrogen-bond donors (Lipinski definition) is 1. The quantitative estimate of drug-likeness (QED) is 0.547. The van der Waals surface area contributed by atoms with E-state index in [1.807, 2.05) is 12.1 Å². The van der Waals surface area contributed by atoms with Crippen LogP contribution in [-0.4, -0.2) is 19.9 Å². The molecule has 2 N–H and O–H groups in total. The van der Waals surface area contributed by atoms with Crippen LogP contribution in [0.25, 0.3) is 21.8 Å². The first kappa shape index (κ1) is 8.05. The molecule has 0 aliphatic carbocycles. The maximum atomic E-state index is 5.51. The van der Waals surface area contributed by atoms with Crippen molar-refractivity contribution in [2.45, 2.75) is 0 Å². The standard InChI is InChI=1S/C10H7N5/c11-10-13-4-7-8(15-10)2-1-6-3-12-5-14-9(6)7/h1-5H,(H2,11,13,15). The fourth-order valence-electron chi connectivity index (χ4n) is 1.57. The molecule has 5 heteroatoms. The van der Waals surface area contributed by atoms with E-state index in [-0.39, 0.29) is 5.95 Å². The van der Waals surface area contributed by atoms with Gasteiger partial charge in [-0.25, -0.2) is 19.9 Å². The van der Waals surface area contributed by atoms with Gasteiger partial charge in [-0.1, -0.05) is 0 Å². The molecule has 0 unspecified atom stereocenters. The molecule has 72 valence electrons. The van der Waals surface area contributed by atoms with Gasteiger partial charge in [-0.3, -0.25) is 0 Å². The molecule has 0 spiro atoms. The smallest absolute Gasteiger partial charge is 0.220 e. The molecular weight excluding hydrogens is 190 g/mol. The second kappa shape index (κ2) is 2.84. The summed E-state index contributed by atoms with van der Waals surface area (Å²) in [5.41, 5.74) is 7.16. The first-order valence-corrected chi connectivity index (χ1v) is 4.45. The van der Waals surface area contributed by atoms with Gasteiger partial charge in [0, 0.05) is 23.2 Å². The zero-order chi connectivity index (χ0) is 10.3. The minimum Gasteiger partial charge on any atom is -0.368 e. The lowest BCUT2D eigenvalue weighted by atomic mass is 10.2. The van der Waals surface area contributed by atoms with Crippen LogP contribution in [0.15, 0.2) is 30.9 Å². The summed E-state index contributed by atoms with van der Waals surface area (Å²) >= 11 is 0. The third kappa shape index (κ3) is 1.17. The van der Waals surface area contributed by atoms with E-state index >= 15 is 0 Å². The Balaban J connectivity index is 2.55. The van der Waals surface area contributed by atoms with Gasteiger partial charge in [0.2, 0.25) is 5.95 Å². The molecule has 1 aromatic carbocycles. The summed E-state index contributed by atoms with van der Waals surface area (Å²) in [6, 6.07) is 3.81. The first-order chi connectivity index (χ1) is 7.34. The van der Waals surface area contributed by atoms with Gasteiger partial charge in [0.1, 0.15) is 6.33 Å². The summed E-state index contributed by atoms with van der Waals surface area (Å²) in [6.45, 7) is 0. The molecule has 0 radical (unpaired) electrons. The van der Waals surface area contributed by atoms with E-state index < -0.39 is 0 Å². The van der Waals surface area contributed by atoms with Crippen molar-refractivity contribution in [3.8, 4) is 0 Å². The molecule has 2 aromatic heterocycles. The molecule has 15 heavy (non-hydrogen) atoms. The number of aromatic nitrogens is 4. The summed E-state index contributed by atoms with van der Waals surface area (Å²) in [7, 11) is 0. The maximum Gasteiger partial charge on any atom is 0.220 e. The Kier molecular flexibility index (Phi) is 1.53.